The molecule has 34 heavy (non-hydrogen) atoms. The molecule has 1 aromatic carbocycles. The van der Waals surface area contributed by atoms with Gasteiger partial charge in [0.2, 0.25) is 5.91 Å². The SMILES string of the molecule is Cc1c(Cc2ccc(F)c(C(=O)N3CCN(C4CCC(C)(C)CC4)C(=O)C3)c2)n[nH]c(=O)c1C. The first kappa shape index (κ1) is 24.1. The predicted octanol–water partition coefficient (Wildman–Crippen LogP) is 3.37. The topological polar surface area (TPSA) is 86.4 Å². The number of aromatic nitrogens is 2. The van der Waals surface area contributed by atoms with E-state index in [4.69, 9.17) is 0 Å². The summed E-state index contributed by atoms with van der Waals surface area (Å²) in [5.74, 6) is -1.15. The first-order valence-electron chi connectivity index (χ1n) is 12.0. The number of hydrogen-bond donors (Lipinski definition) is 1. The lowest BCUT2D eigenvalue weighted by Gasteiger charge is -2.43. The van der Waals surface area contributed by atoms with Crippen molar-refractivity contribution in [2.75, 3.05) is 19.6 Å². The lowest BCUT2D eigenvalue weighted by atomic mass is 9.75. The van der Waals surface area contributed by atoms with E-state index in [0.717, 1.165) is 31.2 Å². The Morgan fingerprint density at radius 1 is 1.15 bits per heavy atom. The molecule has 1 saturated carbocycles. The number of carbonyl (C=O) groups excluding carboxylic acids is 2. The normalized spacial score (nSPS) is 18.9. The molecular weight excluding hydrogens is 435 g/mol. The van der Waals surface area contributed by atoms with Gasteiger partial charge in [0.25, 0.3) is 11.5 Å². The minimum atomic E-state index is -0.611. The summed E-state index contributed by atoms with van der Waals surface area (Å²) in [4.78, 5) is 41.1. The van der Waals surface area contributed by atoms with Crippen LogP contribution in [-0.2, 0) is 11.2 Å². The van der Waals surface area contributed by atoms with Crippen LogP contribution in [0.2, 0.25) is 0 Å². The van der Waals surface area contributed by atoms with Crippen LogP contribution in [0.5, 0.6) is 0 Å². The van der Waals surface area contributed by atoms with Crippen molar-refractivity contribution in [2.45, 2.75) is 65.8 Å². The Balaban J connectivity index is 1.46. The molecule has 1 aromatic heterocycles. The molecule has 0 bridgehead atoms. The van der Waals surface area contributed by atoms with Crippen molar-refractivity contribution in [2.24, 2.45) is 5.41 Å². The van der Waals surface area contributed by atoms with Crippen LogP contribution >= 0.6 is 0 Å². The van der Waals surface area contributed by atoms with Crippen LogP contribution in [-0.4, -0.2) is 57.5 Å². The van der Waals surface area contributed by atoms with Gasteiger partial charge in [0.15, 0.2) is 0 Å². The van der Waals surface area contributed by atoms with Crippen LogP contribution < -0.4 is 5.56 Å². The fourth-order valence-corrected chi connectivity index (χ4v) is 5.00. The fraction of sp³-hybridized carbons (Fsp3) is 0.538. The van der Waals surface area contributed by atoms with Gasteiger partial charge in [-0.3, -0.25) is 14.4 Å². The molecule has 1 saturated heterocycles. The van der Waals surface area contributed by atoms with Crippen LogP contribution in [0.15, 0.2) is 23.0 Å². The first-order valence-corrected chi connectivity index (χ1v) is 12.0. The van der Waals surface area contributed by atoms with E-state index in [1.165, 1.54) is 17.0 Å². The van der Waals surface area contributed by atoms with Gasteiger partial charge in [-0.05, 0) is 68.2 Å². The summed E-state index contributed by atoms with van der Waals surface area (Å²) >= 11 is 0. The van der Waals surface area contributed by atoms with Crippen molar-refractivity contribution in [1.29, 1.82) is 0 Å². The molecule has 1 aliphatic heterocycles. The first-order chi connectivity index (χ1) is 16.1. The number of nitrogens with zero attached hydrogens (tertiary/aromatic N) is 3. The summed E-state index contributed by atoms with van der Waals surface area (Å²) in [6, 6.07) is 4.65. The van der Waals surface area contributed by atoms with E-state index in [9.17, 15) is 18.8 Å². The smallest absolute Gasteiger partial charge is 0.267 e. The van der Waals surface area contributed by atoms with Crippen molar-refractivity contribution in [3.05, 3.63) is 62.3 Å². The number of nitrogens with one attached hydrogen (secondary N) is 1. The summed E-state index contributed by atoms with van der Waals surface area (Å²) in [7, 11) is 0. The number of benzene rings is 1. The van der Waals surface area contributed by atoms with Gasteiger partial charge in [-0.2, -0.15) is 5.10 Å². The number of carbonyl (C=O) groups is 2. The minimum absolute atomic E-state index is 0.0256. The Hall–Kier alpha value is -3.03. The molecule has 1 aliphatic carbocycles. The van der Waals surface area contributed by atoms with Gasteiger partial charge in [-0.25, -0.2) is 9.49 Å². The molecule has 8 heteroatoms. The Morgan fingerprint density at radius 2 is 1.85 bits per heavy atom. The number of amides is 2. The average molecular weight is 469 g/mol. The average Bonchev–Trinajstić information content (AvgIpc) is 2.80. The summed E-state index contributed by atoms with van der Waals surface area (Å²) in [6.07, 6.45) is 4.51. The summed E-state index contributed by atoms with van der Waals surface area (Å²) in [5.41, 5.74) is 2.77. The molecule has 1 N–H and O–H groups in total. The van der Waals surface area contributed by atoms with Gasteiger partial charge in [0.1, 0.15) is 12.4 Å². The van der Waals surface area contributed by atoms with Crippen molar-refractivity contribution in [3.8, 4) is 0 Å². The van der Waals surface area contributed by atoms with Crippen LogP contribution in [0.4, 0.5) is 4.39 Å². The van der Waals surface area contributed by atoms with Crippen LogP contribution in [0.3, 0.4) is 0 Å². The standard InChI is InChI=1S/C26H33FN4O3/c1-16-17(2)24(33)29-28-22(16)14-18-5-6-21(27)20(13-18)25(34)30-11-12-31(23(32)15-30)19-7-9-26(3,4)10-8-19/h5-6,13,19H,7-12,14-15H2,1-4H3,(H,29,33). The van der Waals surface area contributed by atoms with Crippen LogP contribution in [0.25, 0.3) is 0 Å². The zero-order valence-corrected chi connectivity index (χ0v) is 20.4. The number of piperazine rings is 1. The van der Waals surface area contributed by atoms with Gasteiger partial charge in [0.05, 0.1) is 11.3 Å². The van der Waals surface area contributed by atoms with Gasteiger partial charge in [0, 0.05) is 31.1 Å². The molecule has 4 rings (SSSR count). The molecule has 7 nitrogen and oxygen atoms in total. The maximum absolute atomic E-state index is 14.6. The van der Waals surface area contributed by atoms with Gasteiger partial charge in [-0.1, -0.05) is 19.9 Å². The third kappa shape index (κ3) is 4.91. The summed E-state index contributed by atoms with van der Waals surface area (Å²) in [6.45, 7) is 8.93. The number of H-pyrrole nitrogens is 1. The van der Waals surface area contributed by atoms with E-state index in [1.54, 1.807) is 13.0 Å². The second kappa shape index (κ2) is 9.31. The van der Waals surface area contributed by atoms with Crippen LogP contribution in [0, 0.1) is 25.1 Å². The highest BCUT2D eigenvalue weighted by molar-refractivity contribution is 5.97. The van der Waals surface area contributed by atoms with E-state index in [1.807, 2.05) is 11.8 Å². The highest BCUT2D eigenvalue weighted by Gasteiger charge is 2.36. The minimum Gasteiger partial charge on any atom is -0.336 e. The Kier molecular flexibility index (Phi) is 6.60. The molecular formula is C26H33FN4O3. The third-order valence-corrected chi connectivity index (χ3v) is 7.56. The molecule has 2 fully saturated rings. The second-order valence-corrected chi connectivity index (χ2v) is 10.4. The maximum atomic E-state index is 14.6. The molecule has 2 amide bonds. The van der Waals surface area contributed by atoms with Gasteiger partial charge < -0.3 is 9.80 Å². The molecule has 2 heterocycles. The highest BCUT2D eigenvalue weighted by atomic mass is 19.1. The number of rotatable bonds is 4. The molecule has 0 spiro atoms. The van der Waals surface area contributed by atoms with E-state index in [-0.39, 0.29) is 29.6 Å². The molecule has 2 aromatic rings. The summed E-state index contributed by atoms with van der Waals surface area (Å²) < 4.78 is 14.6. The van der Waals surface area contributed by atoms with Crippen molar-refractivity contribution < 1.29 is 14.0 Å². The fourth-order valence-electron chi connectivity index (χ4n) is 5.00. The van der Waals surface area contributed by atoms with E-state index in [2.05, 4.69) is 24.0 Å². The lowest BCUT2D eigenvalue weighted by Crippen LogP contribution is -2.56. The molecule has 182 valence electrons. The van der Waals surface area contributed by atoms with E-state index >= 15 is 0 Å². The Morgan fingerprint density at radius 3 is 2.53 bits per heavy atom. The van der Waals surface area contributed by atoms with Gasteiger partial charge >= 0.3 is 0 Å². The quantitative estimate of drug-likeness (QED) is 0.746. The van der Waals surface area contributed by atoms with Crippen LogP contribution in [0.1, 0.15) is 72.3 Å². The van der Waals surface area contributed by atoms with Crippen molar-refractivity contribution in [3.63, 3.8) is 0 Å². The lowest BCUT2D eigenvalue weighted by molar-refractivity contribution is -0.138. The Labute approximate surface area is 199 Å². The monoisotopic (exact) mass is 468 g/mol. The molecule has 0 unspecified atom stereocenters. The summed E-state index contributed by atoms with van der Waals surface area (Å²) in [5, 5.41) is 6.59. The highest BCUT2D eigenvalue weighted by Crippen LogP contribution is 2.37. The number of hydrogen-bond acceptors (Lipinski definition) is 4. The van der Waals surface area contributed by atoms with E-state index < -0.39 is 11.7 Å². The number of halogens is 1. The third-order valence-electron chi connectivity index (χ3n) is 7.56. The molecule has 0 radical (unpaired) electrons. The zero-order chi connectivity index (χ0) is 24.6. The van der Waals surface area contributed by atoms with E-state index in [0.29, 0.717) is 41.7 Å². The Bertz CT molecular complexity index is 1160. The van der Waals surface area contributed by atoms with Gasteiger partial charge in [-0.15, -0.1) is 0 Å². The molecule has 0 atom stereocenters. The van der Waals surface area contributed by atoms with Crippen molar-refractivity contribution in [1.82, 2.24) is 20.0 Å². The maximum Gasteiger partial charge on any atom is 0.267 e. The largest absolute Gasteiger partial charge is 0.336 e. The second-order valence-electron chi connectivity index (χ2n) is 10.4. The number of aromatic amines is 1. The van der Waals surface area contributed by atoms with Crippen molar-refractivity contribution >= 4 is 11.8 Å². The molecule has 2 aliphatic rings. The zero-order valence-electron chi connectivity index (χ0n) is 20.4. The predicted molar refractivity (Wildman–Crippen MR) is 127 cm³/mol.